The highest BCUT2D eigenvalue weighted by atomic mass is 32.2. The van der Waals surface area contributed by atoms with E-state index in [2.05, 4.69) is 24.7 Å². The quantitative estimate of drug-likeness (QED) is 0.725. The lowest BCUT2D eigenvalue weighted by Gasteiger charge is -2.43. The lowest BCUT2D eigenvalue weighted by atomic mass is 9.91. The van der Waals surface area contributed by atoms with Crippen molar-refractivity contribution in [2.24, 2.45) is 0 Å². The molecule has 3 aliphatic rings. The average Bonchev–Trinajstić information content (AvgIpc) is 2.72. The van der Waals surface area contributed by atoms with Crippen molar-refractivity contribution >= 4 is 21.6 Å². The van der Waals surface area contributed by atoms with Crippen molar-refractivity contribution < 1.29 is 8.42 Å². The molecule has 0 bridgehead atoms. The van der Waals surface area contributed by atoms with Crippen LogP contribution in [0.4, 0.5) is 11.8 Å². The molecule has 1 aliphatic carbocycles. The van der Waals surface area contributed by atoms with Crippen LogP contribution in [0.5, 0.6) is 0 Å². The van der Waals surface area contributed by atoms with E-state index in [0.29, 0.717) is 6.54 Å². The van der Waals surface area contributed by atoms with Crippen LogP contribution >= 0.6 is 0 Å². The first-order chi connectivity index (χ1) is 14.5. The Bertz CT molecular complexity index is 1010. The highest BCUT2D eigenvalue weighted by Gasteiger charge is 2.29. The molecule has 9 heteroatoms. The van der Waals surface area contributed by atoms with E-state index in [9.17, 15) is 8.42 Å². The summed E-state index contributed by atoms with van der Waals surface area (Å²) in [6.07, 6.45) is 9.52. The van der Waals surface area contributed by atoms with Crippen LogP contribution in [0.3, 0.4) is 0 Å². The third kappa shape index (κ3) is 3.88. The van der Waals surface area contributed by atoms with E-state index in [1.807, 2.05) is 6.20 Å². The molecule has 1 saturated heterocycles. The number of aromatic nitrogens is 3. The van der Waals surface area contributed by atoms with E-state index in [1.54, 1.807) is 12.1 Å². The fourth-order valence-corrected chi connectivity index (χ4v) is 5.03. The standard InChI is InChI=1S/C21H28N6O2S/c1-30(28,29)18-5-6-20(22-14-18)27-8-7-19-16(15-27)13-23-21(24-19)26-11-9-25(10-12-26)17-3-2-4-17/h5-6,13-14,17H,2-4,7-12,15H2,1H3. The third-order valence-electron chi connectivity index (χ3n) is 6.58. The topological polar surface area (TPSA) is 82.5 Å². The molecule has 0 spiro atoms. The first-order valence-electron chi connectivity index (χ1n) is 10.7. The van der Waals surface area contributed by atoms with Crippen LogP contribution in [0.2, 0.25) is 0 Å². The van der Waals surface area contributed by atoms with Crippen LogP contribution in [0.15, 0.2) is 29.4 Å². The van der Waals surface area contributed by atoms with Crippen molar-refractivity contribution in [3.8, 4) is 0 Å². The summed E-state index contributed by atoms with van der Waals surface area (Å²) in [4.78, 5) is 21.2. The normalized spacial score (nSPS) is 20.7. The maximum atomic E-state index is 11.6. The Balaban J connectivity index is 1.25. The minimum atomic E-state index is -3.23. The number of piperazine rings is 1. The molecule has 5 rings (SSSR count). The van der Waals surface area contributed by atoms with E-state index < -0.39 is 9.84 Å². The molecule has 0 radical (unpaired) electrons. The minimum Gasteiger partial charge on any atom is -0.352 e. The minimum absolute atomic E-state index is 0.244. The predicted octanol–water partition coefficient (Wildman–Crippen LogP) is 1.51. The SMILES string of the molecule is CS(=O)(=O)c1ccc(N2CCc3nc(N4CCN(C5CCC5)CC4)ncc3C2)nc1. The summed E-state index contributed by atoms with van der Waals surface area (Å²) < 4.78 is 23.3. The average molecular weight is 429 g/mol. The van der Waals surface area contributed by atoms with Gasteiger partial charge < -0.3 is 9.80 Å². The molecule has 2 aromatic heterocycles. The second-order valence-electron chi connectivity index (χ2n) is 8.55. The van der Waals surface area contributed by atoms with Gasteiger partial charge in [-0.1, -0.05) is 6.42 Å². The molecule has 2 aliphatic heterocycles. The Labute approximate surface area is 177 Å². The number of rotatable bonds is 4. The molecule has 0 aromatic carbocycles. The predicted molar refractivity (Wildman–Crippen MR) is 116 cm³/mol. The summed E-state index contributed by atoms with van der Waals surface area (Å²) in [5.74, 6) is 1.63. The fourth-order valence-electron chi connectivity index (χ4n) is 4.47. The first-order valence-corrected chi connectivity index (χ1v) is 12.6. The third-order valence-corrected chi connectivity index (χ3v) is 7.68. The van der Waals surface area contributed by atoms with Gasteiger partial charge in [0, 0.05) is 75.9 Å². The van der Waals surface area contributed by atoms with E-state index in [-0.39, 0.29) is 4.90 Å². The summed E-state index contributed by atoms with van der Waals surface area (Å²) in [6.45, 7) is 5.71. The van der Waals surface area contributed by atoms with Crippen molar-refractivity contribution in [3.05, 3.63) is 35.8 Å². The number of pyridine rings is 1. The van der Waals surface area contributed by atoms with E-state index in [0.717, 1.165) is 68.2 Å². The molecule has 4 heterocycles. The summed E-state index contributed by atoms with van der Waals surface area (Å²) >= 11 is 0. The van der Waals surface area contributed by atoms with Gasteiger partial charge in [0.25, 0.3) is 0 Å². The van der Waals surface area contributed by atoms with E-state index in [1.165, 1.54) is 31.7 Å². The maximum absolute atomic E-state index is 11.6. The van der Waals surface area contributed by atoms with Crippen LogP contribution in [0, 0.1) is 0 Å². The van der Waals surface area contributed by atoms with Crippen LogP contribution in [-0.2, 0) is 22.8 Å². The number of hydrogen-bond donors (Lipinski definition) is 0. The zero-order valence-electron chi connectivity index (χ0n) is 17.4. The smallest absolute Gasteiger partial charge is 0.225 e. The Morgan fingerprint density at radius 1 is 0.967 bits per heavy atom. The van der Waals surface area contributed by atoms with Crippen LogP contribution < -0.4 is 9.80 Å². The lowest BCUT2D eigenvalue weighted by Crippen LogP contribution is -2.52. The lowest BCUT2D eigenvalue weighted by molar-refractivity contribution is 0.120. The molecule has 0 unspecified atom stereocenters. The number of nitrogens with zero attached hydrogens (tertiary/aromatic N) is 6. The zero-order valence-corrected chi connectivity index (χ0v) is 18.2. The van der Waals surface area contributed by atoms with Gasteiger partial charge in [-0.05, 0) is 25.0 Å². The molecule has 0 amide bonds. The second kappa shape index (κ2) is 7.77. The Hall–Kier alpha value is -2.26. The Morgan fingerprint density at radius 2 is 1.77 bits per heavy atom. The number of hydrogen-bond acceptors (Lipinski definition) is 8. The van der Waals surface area contributed by atoms with Gasteiger partial charge in [0.1, 0.15) is 5.82 Å². The van der Waals surface area contributed by atoms with Crippen molar-refractivity contribution in [2.75, 3.05) is 48.8 Å². The highest BCUT2D eigenvalue weighted by Crippen LogP contribution is 2.27. The summed E-state index contributed by atoms with van der Waals surface area (Å²) in [6, 6.07) is 4.21. The molecular formula is C21H28N6O2S. The van der Waals surface area contributed by atoms with Crippen molar-refractivity contribution in [1.82, 2.24) is 19.9 Å². The van der Waals surface area contributed by atoms with Gasteiger partial charge in [-0.2, -0.15) is 0 Å². The fraction of sp³-hybridized carbons (Fsp3) is 0.571. The molecule has 30 heavy (non-hydrogen) atoms. The summed E-state index contributed by atoms with van der Waals surface area (Å²) in [5.41, 5.74) is 2.23. The van der Waals surface area contributed by atoms with E-state index in [4.69, 9.17) is 4.98 Å². The molecule has 1 saturated carbocycles. The van der Waals surface area contributed by atoms with Crippen molar-refractivity contribution in [1.29, 1.82) is 0 Å². The molecule has 0 atom stereocenters. The van der Waals surface area contributed by atoms with Gasteiger partial charge in [0.05, 0.1) is 10.6 Å². The van der Waals surface area contributed by atoms with Crippen LogP contribution in [-0.4, -0.2) is 73.3 Å². The highest BCUT2D eigenvalue weighted by molar-refractivity contribution is 7.90. The van der Waals surface area contributed by atoms with Gasteiger partial charge in [0.2, 0.25) is 5.95 Å². The number of sulfone groups is 1. The first kappa shape index (κ1) is 19.7. The molecule has 0 N–H and O–H groups in total. The van der Waals surface area contributed by atoms with Crippen LogP contribution in [0.25, 0.3) is 0 Å². The molecular weight excluding hydrogens is 400 g/mol. The van der Waals surface area contributed by atoms with Crippen LogP contribution in [0.1, 0.15) is 30.5 Å². The Kier molecular flexibility index (Phi) is 5.10. The zero-order chi connectivity index (χ0) is 20.7. The van der Waals surface area contributed by atoms with Gasteiger partial charge in [0.15, 0.2) is 9.84 Å². The van der Waals surface area contributed by atoms with E-state index >= 15 is 0 Å². The monoisotopic (exact) mass is 428 g/mol. The molecule has 2 fully saturated rings. The Morgan fingerprint density at radius 3 is 2.40 bits per heavy atom. The van der Waals surface area contributed by atoms with Gasteiger partial charge in [-0.25, -0.2) is 23.4 Å². The molecule has 8 nitrogen and oxygen atoms in total. The second-order valence-corrected chi connectivity index (χ2v) is 10.6. The molecule has 2 aromatic rings. The largest absolute Gasteiger partial charge is 0.352 e. The van der Waals surface area contributed by atoms with Gasteiger partial charge in [-0.3, -0.25) is 4.90 Å². The molecule has 160 valence electrons. The van der Waals surface area contributed by atoms with Gasteiger partial charge in [-0.15, -0.1) is 0 Å². The van der Waals surface area contributed by atoms with Gasteiger partial charge >= 0.3 is 0 Å². The van der Waals surface area contributed by atoms with Crippen molar-refractivity contribution in [3.63, 3.8) is 0 Å². The maximum Gasteiger partial charge on any atom is 0.225 e. The summed E-state index contributed by atoms with van der Waals surface area (Å²) in [7, 11) is -3.23. The number of fused-ring (bicyclic) bond motifs is 1. The van der Waals surface area contributed by atoms with Crippen molar-refractivity contribution in [2.45, 2.75) is 43.2 Å². The summed E-state index contributed by atoms with van der Waals surface area (Å²) in [5, 5.41) is 0. The number of anilines is 2.